The van der Waals surface area contributed by atoms with Crippen molar-refractivity contribution in [2.75, 3.05) is 11.9 Å². The number of nitrogens with one attached hydrogen (secondary N) is 1. The highest BCUT2D eigenvalue weighted by molar-refractivity contribution is 7.80. The average molecular weight is 236 g/mol. The molecular weight excluding hydrogens is 216 g/mol. The maximum atomic E-state index is 5.62. The molecule has 0 atom stereocenters. The Kier molecular flexibility index (Phi) is 4.74. The third-order valence-electron chi connectivity index (χ3n) is 2.54. The third kappa shape index (κ3) is 3.81. The van der Waals surface area contributed by atoms with Crippen LogP contribution in [-0.4, -0.2) is 11.5 Å². The molecule has 16 heavy (non-hydrogen) atoms. The van der Waals surface area contributed by atoms with E-state index in [-0.39, 0.29) is 0 Å². The summed E-state index contributed by atoms with van der Waals surface area (Å²) in [5, 5.41) is 3.40. The number of thiocarbonyl (C=S) groups is 1. The number of benzene rings is 1. The van der Waals surface area contributed by atoms with E-state index in [0.29, 0.717) is 4.99 Å². The Balaban J connectivity index is 2.63. The van der Waals surface area contributed by atoms with Crippen LogP contribution in [0.5, 0.6) is 0 Å². The van der Waals surface area contributed by atoms with Crippen LogP contribution in [0.15, 0.2) is 18.2 Å². The summed E-state index contributed by atoms with van der Waals surface area (Å²) in [6.45, 7) is 7.48. The molecule has 0 spiro atoms. The minimum Gasteiger partial charge on any atom is -0.389 e. The van der Waals surface area contributed by atoms with Crippen LogP contribution in [0.1, 0.15) is 31.4 Å². The van der Waals surface area contributed by atoms with Crippen LogP contribution in [0.4, 0.5) is 5.69 Å². The zero-order valence-corrected chi connectivity index (χ0v) is 11.0. The Morgan fingerprint density at radius 3 is 2.62 bits per heavy atom. The standard InChI is InChI=1S/C13H20N2S/c1-9(2)6-7-15-11-4-5-12(13(14)16)10(3)8-11/h4-5,8-9,15H,6-7H2,1-3H3,(H2,14,16). The summed E-state index contributed by atoms with van der Waals surface area (Å²) in [6.07, 6.45) is 1.18. The van der Waals surface area contributed by atoms with Crippen LogP contribution in [0.2, 0.25) is 0 Å². The van der Waals surface area contributed by atoms with Crippen molar-refractivity contribution in [3.8, 4) is 0 Å². The predicted octanol–water partition coefficient (Wildman–Crippen LogP) is 3.09. The molecule has 0 aliphatic heterocycles. The van der Waals surface area contributed by atoms with Gasteiger partial charge in [-0.25, -0.2) is 0 Å². The Bertz CT molecular complexity index is 372. The molecule has 0 saturated carbocycles. The predicted molar refractivity (Wildman–Crippen MR) is 75.0 cm³/mol. The summed E-state index contributed by atoms with van der Waals surface area (Å²) in [5.74, 6) is 0.726. The van der Waals surface area contributed by atoms with Crippen molar-refractivity contribution in [3.63, 3.8) is 0 Å². The fraction of sp³-hybridized carbons (Fsp3) is 0.462. The van der Waals surface area contributed by atoms with Crippen molar-refractivity contribution in [1.82, 2.24) is 0 Å². The molecule has 1 rings (SSSR count). The van der Waals surface area contributed by atoms with Crippen molar-refractivity contribution >= 4 is 22.9 Å². The Morgan fingerprint density at radius 2 is 2.12 bits per heavy atom. The molecule has 0 amide bonds. The molecule has 0 radical (unpaired) electrons. The first-order valence-electron chi connectivity index (χ1n) is 5.65. The molecule has 2 nitrogen and oxygen atoms in total. The largest absolute Gasteiger partial charge is 0.389 e. The highest BCUT2D eigenvalue weighted by Gasteiger charge is 2.02. The van der Waals surface area contributed by atoms with E-state index in [1.165, 1.54) is 6.42 Å². The van der Waals surface area contributed by atoms with Gasteiger partial charge in [-0.1, -0.05) is 26.1 Å². The van der Waals surface area contributed by atoms with Crippen molar-refractivity contribution in [3.05, 3.63) is 29.3 Å². The Morgan fingerprint density at radius 1 is 1.44 bits per heavy atom. The second-order valence-electron chi connectivity index (χ2n) is 4.50. The zero-order valence-electron chi connectivity index (χ0n) is 10.2. The SMILES string of the molecule is Cc1cc(NCCC(C)C)ccc1C(N)=S. The molecule has 88 valence electrons. The molecule has 1 aromatic carbocycles. The molecule has 0 bridgehead atoms. The summed E-state index contributed by atoms with van der Waals surface area (Å²) in [6, 6.07) is 6.10. The normalized spacial score (nSPS) is 10.5. The van der Waals surface area contributed by atoms with E-state index in [4.69, 9.17) is 18.0 Å². The van der Waals surface area contributed by atoms with Crippen LogP contribution in [0, 0.1) is 12.8 Å². The lowest BCUT2D eigenvalue weighted by molar-refractivity contribution is 0.607. The quantitative estimate of drug-likeness (QED) is 0.772. The number of hydrogen-bond acceptors (Lipinski definition) is 2. The van der Waals surface area contributed by atoms with Gasteiger partial charge in [0, 0.05) is 17.8 Å². The minimum atomic E-state index is 0.464. The third-order valence-corrected chi connectivity index (χ3v) is 2.76. The maximum Gasteiger partial charge on any atom is 0.104 e. The monoisotopic (exact) mass is 236 g/mol. The van der Waals surface area contributed by atoms with E-state index in [1.807, 2.05) is 19.1 Å². The maximum absolute atomic E-state index is 5.62. The topological polar surface area (TPSA) is 38.0 Å². The highest BCUT2D eigenvalue weighted by atomic mass is 32.1. The van der Waals surface area contributed by atoms with Gasteiger partial charge >= 0.3 is 0 Å². The fourth-order valence-corrected chi connectivity index (χ4v) is 1.78. The van der Waals surface area contributed by atoms with Gasteiger partial charge < -0.3 is 11.1 Å². The molecule has 0 heterocycles. The van der Waals surface area contributed by atoms with Gasteiger partial charge in [0.1, 0.15) is 4.99 Å². The van der Waals surface area contributed by atoms with Crippen LogP contribution < -0.4 is 11.1 Å². The molecule has 0 fully saturated rings. The van der Waals surface area contributed by atoms with Gasteiger partial charge in [-0.15, -0.1) is 0 Å². The number of hydrogen-bond donors (Lipinski definition) is 2. The van der Waals surface area contributed by atoms with E-state index >= 15 is 0 Å². The van der Waals surface area contributed by atoms with Crippen LogP contribution in [-0.2, 0) is 0 Å². The van der Waals surface area contributed by atoms with E-state index in [9.17, 15) is 0 Å². The van der Waals surface area contributed by atoms with Crippen LogP contribution in [0.3, 0.4) is 0 Å². The summed E-state index contributed by atoms with van der Waals surface area (Å²) < 4.78 is 0. The molecule has 0 saturated heterocycles. The first kappa shape index (κ1) is 13.0. The van der Waals surface area contributed by atoms with Gasteiger partial charge in [0.15, 0.2) is 0 Å². The first-order valence-corrected chi connectivity index (χ1v) is 6.06. The summed E-state index contributed by atoms with van der Waals surface area (Å²) in [4.78, 5) is 0.464. The van der Waals surface area contributed by atoms with Crippen molar-refractivity contribution < 1.29 is 0 Å². The van der Waals surface area contributed by atoms with Crippen molar-refractivity contribution in [2.24, 2.45) is 11.7 Å². The zero-order chi connectivity index (χ0) is 12.1. The molecule has 0 aliphatic carbocycles. The number of nitrogens with two attached hydrogens (primary N) is 1. The second kappa shape index (κ2) is 5.85. The lowest BCUT2D eigenvalue weighted by Gasteiger charge is -2.10. The molecule has 0 aromatic heterocycles. The average Bonchev–Trinajstić information content (AvgIpc) is 2.16. The molecule has 3 heteroatoms. The van der Waals surface area contributed by atoms with Crippen molar-refractivity contribution in [2.45, 2.75) is 27.2 Å². The first-order chi connectivity index (χ1) is 7.50. The highest BCUT2D eigenvalue weighted by Crippen LogP contribution is 2.15. The molecular formula is C13H20N2S. The van der Waals surface area contributed by atoms with Gasteiger partial charge in [0.25, 0.3) is 0 Å². The molecule has 0 aliphatic rings. The molecule has 3 N–H and O–H groups in total. The smallest absolute Gasteiger partial charge is 0.104 e. The Hall–Kier alpha value is -1.09. The van der Waals surface area contributed by atoms with E-state index in [0.717, 1.165) is 29.3 Å². The van der Waals surface area contributed by atoms with E-state index in [2.05, 4.69) is 25.2 Å². The van der Waals surface area contributed by atoms with E-state index in [1.54, 1.807) is 0 Å². The van der Waals surface area contributed by atoms with Gasteiger partial charge in [0.05, 0.1) is 0 Å². The van der Waals surface area contributed by atoms with Crippen LogP contribution >= 0.6 is 12.2 Å². The van der Waals surface area contributed by atoms with Crippen molar-refractivity contribution in [1.29, 1.82) is 0 Å². The lowest BCUT2D eigenvalue weighted by atomic mass is 10.1. The van der Waals surface area contributed by atoms with E-state index < -0.39 is 0 Å². The molecule has 1 aromatic rings. The van der Waals surface area contributed by atoms with Gasteiger partial charge in [-0.05, 0) is 43.0 Å². The Labute approximate surface area is 103 Å². The fourth-order valence-electron chi connectivity index (χ4n) is 1.56. The summed E-state index contributed by atoms with van der Waals surface area (Å²) in [7, 11) is 0. The van der Waals surface area contributed by atoms with Crippen LogP contribution in [0.25, 0.3) is 0 Å². The minimum absolute atomic E-state index is 0.464. The molecule has 0 unspecified atom stereocenters. The summed E-state index contributed by atoms with van der Waals surface area (Å²) in [5.41, 5.74) is 8.84. The number of anilines is 1. The van der Waals surface area contributed by atoms with Gasteiger partial charge in [-0.2, -0.15) is 0 Å². The number of rotatable bonds is 5. The lowest BCUT2D eigenvalue weighted by Crippen LogP contribution is -2.11. The number of aryl methyl sites for hydroxylation is 1. The van der Waals surface area contributed by atoms with Gasteiger partial charge in [-0.3, -0.25) is 0 Å². The second-order valence-corrected chi connectivity index (χ2v) is 4.94. The summed E-state index contributed by atoms with van der Waals surface area (Å²) >= 11 is 4.97. The van der Waals surface area contributed by atoms with Gasteiger partial charge in [0.2, 0.25) is 0 Å².